The summed E-state index contributed by atoms with van der Waals surface area (Å²) in [5, 5.41) is 1.55. The van der Waals surface area contributed by atoms with Gasteiger partial charge in [-0.2, -0.15) is 0 Å². The second-order valence-electron chi connectivity index (χ2n) is 2.54. The Balaban J connectivity index is 2.24. The van der Waals surface area contributed by atoms with Crippen molar-refractivity contribution in [3.05, 3.63) is 36.9 Å². The number of hydrogen-bond donors (Lipinski definition) is 1. The molecule has 0 saturated heterocycles. The minimum absolute atomic E-state index is 0.656. The van der Waals surface area contributed by atoms with Crippen LogP contribution in [-0.2, 0) is 0 Å². The van der Waals surface area contributed by atoms with E-state index in [0.29, 0.717) is 5.69 Å². The summed E-state index contributed by atoms with van der Waals surface area (Å²) in [7, 11) is 0. The lowest BCUT2D eigenvalue weighted by molar-refractivity contribution is 1.04. The minimum Gasteiger partial charge on any atom is -0.397 e. The number of nitrogen functional groups attached to an aromatic ring is 1. The summed E-state index contributed by atoms with van der Waals surface area (Å²) < 4.78 is 0. The second kappa shape index (κ2) is 4.06. The number of anilines is 1. The Bertz CT molecular complexity index is 418. The highest BCUT2D eigenvalue weighted by atomic mass is 32.2. The molecule has 0 aliphatic heterocycles. The van der Waals surface area contributed by atoms with Gasteiger partial charge < -0.3 is 5.73 Å². The van der Waals surface area contributed by atoms with Crippen molar-refractivity contribution in [2.75, 3.05) is 5.73 Å². The topological polar surface area (TPSA) is 64.7 Å². The zero-order valence-corrected chi connectivity index (χ0v) is 8.11. The van der Waals surface area contributed by atoms with Gasteiger partial charge in [0.05, 0.1) is 11.9 Å². The van der Waals surface area contributed by atoms with Gasteiger partial charge in [-0.05, 0) is 23.9 Å². The van der Waals surface area contributed by atoms with Crippen molar-refractivity contribution < 1.29 is 0 Å². The van der Waals surface area contributed by atoms with Gasteiger partial charge in [0, 0.05) is 18.6 Å². The molecule has 0 bridgehead atoms. The molecule has 2 rings (SSSR count). The van der Waals surface area contributed by atoms with E-state index in [1.54, 1.807) is 30.9 Å². The number of pyridine rings is 1. The third-order valence-electron chi connectivity index (χ3n) is 1.54. The van der Waals surface area contributed by atoms with Crippen LogP contribution in [0.5, 0.6) is 0 Å². The highest BCUT2D eigenvalue weighted by molar-refractivity contribution is 7.99. The fraction of sp³-hybridized carbons (Fsp3) is 0. The van der Waals surface area contributed by atoms with Gasteiger partial charge in [0.15, 0.2) is 0 Å². The summed E-state index contributed by atoms with van der Waals surface area (Å²) in [6.07, 6.45) is 6.65. The first-order valence-electron chi connectivity index (χ1n) is 4.00. The summed E-state index contributed by atoms with van der Waals surface area (Å²) >= 11 is 1.40. The van der Waals surface area contributed by atoms with Gasteiger partial charge in [0.2, 0.25) is 0 Å². The van der Waals surface area contributed by atoms with E-state index in [1.807, 2.05) is 6.07 Å². The van der Waals surface area contributed by atoms with Crippen LogP contribution in [0.1, 0.15) is 0 Å². The van der Waals surface area contributed by atoms with Crippen LogP contribution in [0.15, 0.2) is 47.0 Å². The maximum Gasteiger partial charge on any atom is 0.125 e. The average molecular weight is 204 g/mol. The molecule has 70 valence electrons. The molecule has 0 radical (unpaired) electrons. The molecule has 0 saturated carbocycles. The van der Waals surface area contributed by atoms with Gasteiger partial charge in [-0.15, -0.1) is 0 Å². The largest absolute Gasteiger partial charge is 0.397 e. The third-order valence-corrected chi connectivity index (χ3v) is 2.50. The highest BCUT2D eigenvalue weighted by Crippen LogP contribution is 2.27. The van der Waals surface area contributed by atoms with Gasteiger partial charge >= 0.3 is 0 Å². The Labute approximate surface area is 85.6 Å². The van der Waals surface area contributed by atoms with E-state index in [0.717, 1.165) is 10.1 Å². The van der Waals surface area contributed by atoms with Crippen LogP contribution >= 0.6 is 11.8 Å². The monoisotopic (exact) mass is 204 g/mol. The zero-order chi connectivity index (χ0) is 9.80. The van der Waals surface area contributed by atoms with Crippen molar-refractivity contribution in [3.8, 4) is 0 Å². The maximum absolute atomic E-state index is 5.74. The molecular formula is C9H8N4S. The van der Waals surface area contributed by atoms with Crippen LogP contribution in [-0.4, -0.2) is 15.0 Å². The summed E-state index contributed by atoms with van der Waals surface area (Å²) in [6.45, 7) is 0. The summed E-state index contributed by atoms with van der Waals surface area (Å²) in [5.74, 6) is 0. The molecule has 0 spiro atoms. The van der Waals surface area contributed by atoms with Crippen LogP contribution in [0.3, 0.4) is 0 Å². The molecule has 2 aromatic heterocycles. The van der Waals surface area contributed by atoms with E-state index in [-0.39, 0.29) is 0 Å². The van der Waals surface area contributed by atoms with Crippen molar-refractivity contribution in [2.24, 2.45) is 0 Å². The molecule has 0 aromatic carbocycles. The first-order chi connectivity index (χ1) is 6.86. The minimum atomic E-state index is 0.656. The molecule has 0 aliphatic rings. The van der Waals surface area contributed by atoms with Crippen molar-refractivity contribution in [1.29, 1.82) is 0 Å². The number of nitrogens with two attached hydrogens (primary N) is 1. The Hall–Kier alpha value is -1.62. The predicted octanol–water partition coefficient (Wildman–Crippen LogP) is 1.60. The molecule has 0 fully saturated rings. The molecule has 2 heterocycles. The smallest absolute Gasteiger partial charge is 0.125 e. The predicted molar refractivity (Wildman–Crippen MR) is 54.8 cm³/mol. The first kappa shape index (κ1) is 8.96. The Morgan fingerprint density at radius 1 is 1.14 bits per heavy atom. The Morgan fingerprint density at radius 2 is 2.07 bits per heavy atom. The van der Waals surface area contributed by atoms with Crippen molar-refractivity contribution in [2.45, 2.75) is 10.1 Å². The third kappa shape index (κ3) is 2.00. The molecule has 4 nitrogen and oxygen atoms in total. The van der Waals surface area contributed by atoms with Crippen molar-refractivity contribution >= 4 is 17.4 Å². The molecule has 2 N–H and O–H groups in total. The molecule has 2 aromatic rings. The lowest BCUT2D eigenvalue weighted by Crippen LogP contribution is -1.91. The van der Waals surface area contributed by atoms with E-state index in [9.17, 15) is 0 Å². The van der Waals surface area contributed by atoms with E-state index in [1.165, 1.54) is 11.8 Å². The number of aromatic nitrogens is 3. The molecule has 5 heteroatoms. The lowest BCUT2D eigenvalue weighted by atomic mass is 10.4. The maximum atomic E-state index is 5.74. The second-order valence-corrected chi connectivity index (χ2v) is 3.55. The SMILES string of the molecule is Nc1cccnc1Sc1cnccn1. The van der Waals surface area contributed by atoms with Crippen LogP contribution in [0.25, 0.3) is 0 Å². The molecule has 0 amide bonds. The summed E-state index contributed by atoms with van der Waals surface area (Å²) in [5.41, 5.74) is 6.39. The quantitative estimate of drug-likeness (QED) is 0.805. The molecule has 14 heavy (non-hydrogen) atoms. The number of rotatable bonds is 2. The fourth-order valence-corrected chi connectivity index (χ4v) is 1.65. The van der Waals surface area contributed by atoms with Crippen LogP contribution in [0.2, 0.25) is 0 Å². The van der Waals surface area contributed by atoms with Crippen LogP contribution in [0, 0.1) is 0 Å². The fourth-order valence-electron chi connectivity index (χ4n) is 0.926. The van der Waals surface area contributed by atoms with Gasteiger partial charge in [0.25, 0.3) is 0 Å². The summed E-state index contributed by atoms with van der Waals surface area (Å²) in [6, 6.07) is 3.61. The molecular weight excluding hydrogens is 196 g/mol. The molecule has 0 aliphatic carbocycles. The lowest BCUT2D eigenvalue weighted by Gasteiger charge is -2.01. The van der Waals surface area contributed by atoms with Gasteiger partial charge in [-0.25, -0.2) is 9.97 Å². The first-order valence-corrected chi connectivity index (χ1v) is 4.82. The summed E-state index contributed by atoms with van der Waals surface area (Å²) in [4.78, 5) is 12.2. The van der Waals surface area contributed by atoms with Gasteiger partial charge in [-0.1, -0.05) is 0 Å². The van der Waals surface area contributed by atoms with Crippen molar-refractivity contribution in [1.82, 2.24) is 15.0 Å². The molecule has 0 unspecified atom stereocenters. The van der Waals surface area contributed by atoms with Crippen LogP contribution < -0.4 is 5.73 Å². The van der Waals surface area contributed by atoms with Crippen LogP contribution in [0.4, 0.5) is 5.69 Å². The average Bonchev–Trinajstić information content (AvgIpc) is 2.23. The Kier molecular flexibility index (Phi) is 2.60. The van der Waals surface area contributed by atoms with E-state index in [2.05, 4.69) is 15.0 Å². The van der Waals surface area contributed by atoms with E-state index < -0.39 is 0 Å². The zero-order valence-electron chi connectivity index (χ0n) is 7.29. The standard InChI is InChI=1S/C9H8N4S/c10-7-2-1-3-13-9(7)14-8-6-11-4-5-12-8/h1-6H,10H2. The van der Waals surface area contributed by atoms with Gasteiger partial charge in [-0.3, -0.25) is 4.98 Å². The van der Waals surface area contributed by atoms with Gasteiger partial charge in [0.1, 0.15) is 10.1 Å². The van der Waals surface area contributed by atoms with E-state index in [4.69, 9.17) is 5.73 Å². The Morgan fingerprint density at radius 3 is 2.79 bits per heavy atom. The van der Waals surface area contributed by atoms with Crippen molar-refractivity contribution in [3.63, 3.8) is 0 Å². The van der Waals surface area contributed by atoms with E-state index >= 15 is 0 Å². The molecule has 0 atom stereocenters. The number of hydrogen-bond acceptors (Lipinski definition) is 5. The highest BCUT2D eigenvalue weighted by Gasteiger charge is 2.02. The number of nitrogens with zero attached hydrogens (tertiary/aromatic N) is 3. The normalized spacial score (nSPS) is 10.0.